The predicted molar refractivity (Wildman–Crippen MR) is 64.2 cm³/mol. The lowest BCUT2D eigenvalue weighted by Gasteiger charge is -2.13. The van der Waals surface area contributed by atoms with Crippen molar-refractivity contribution >= 4 is 11.3 Å². The van der Waals surface area contributed by atoms with Crippen molar-refractivity contribution in [3.05, 3.63) is 21.9 Å². The molecule has 0 spiro atoms. The number of likely N-dealkylation sites (tertiary alicyclic amines) is 1. The van der Waals surface area contributed by atoms with E-state index in [-0.39, 0.29) is 0 Å². The summed E-state index contributed by atoms with van der Waals surface area (Å²) in [5.41, 5.74) is 0. The molecule has 0 radical (unpaired) electrons. The second-order valence-corrected chi connectivity index (χ2v) is 5.55. The lowest BCUT2D eigenvalue weighted by atomic mass is 10.1. The first-order valence-corrected chi connectivity index (χ1v) is 6.54. The van der Waals surface area contributed by atoms with E-state index in [4.69, 9.17) is 5.11 Å². The minimum Gasteiger partial charge on any atom is -0.396 e. The highest BCUT2D eigenvalue weighted by atomic mass is 32.1. The zero-order valence-corrected chi connectivity index (χ0v) is 10.1. The monoisotopic (exact) mass is 225 g/mol. The molecule has 0 aromatic carbocycles. The van der Waals surface area contributed by atoms with E-state index in [0.717, 1.165) is 32.5 Å². The third-order valence-electron chi connectivity index (χ3n) is 3.07. The summed E-state index contributed by atoms with van der Waals surface area (Å²) in [6.45, 7) is 5.83. The van der Waals surface area contributed by atoms with Crippen LogP contribution in [0.2, 0.25) is 0 Å². The standard InChI is InChI=1S/C12H19NOS/c1-2-11-3-4-12(15-11)8-13-6-5-10(7-13)9-14/h3-4,10,14H,2,5-9H2,1H3. The summed E-state index contributed by atoms with van der Waals surface area (Å²) in [5, 5.41) is 9.07. The molecule has 1 unspecified atom stereocenters. The minimum atomic E-state index is 0.348. The molecule has 1 saturated heterocycles. The molecular weight excluding hydrogens is 206 g/mol. The zero-order valence-electron chi connectivity index (χ0n) is 9.28. The van der Waals surface area contributed by atoms with Gasteiger partial charge in [0.25, 0.3) is 0 Å². The SMILES string of the molecule is CCc1ccc(CN2CCC(CO)C2)s1. The fourth-order valence-corrected chi connectivity index (χ4v) is 3.12. The summed E-state index contributed by atoms with van der Waals surface area (Å²) in [6.07, 6.45) is 2.30. The van der Waals surface area contributed by atoms with E-state index in [1.54, 1.807) is 0 Å². The second-order valence-electron chi connectivity index (χ2n) is 4.29. The van der Waals surface area contributed by atoms with E-state index in [1.165, 1.54) is 9.75 Å². The molecule has 15 heavy (non-hydrogen) atoms. The van der Waals surface area contributed by atoms with Gasteiger partial charge in [-0.3, -0.25) is 4.90 Å². The molecule has 1 fully saturated rings. The van der Waals surface area contributed by atoms with Gasteiger partial charge in [-0.2, -0.15) is 0 Å². The molecular formula is C12H19NOS. The van der Waals surface area contributed by atoms with Crippen LogP contribution in [0.15, 0.2) is 12.1 Å². The van der Waals surface area contributed by atoms with Crippen LogP contribution in [0.3, 0.4) is 0 Å². The Balaban J connectivity index is 1.87. The lowest BCUT2D eigenvalue weighted by molar-refractivity contribution is 0.220. The number of hydrogen-bond donors (Lipinski definition) is 1. The molecule has 1 aromatic rings. The Kier molecular flexibility index (Phi) is 3.78. The quantitative estimate of drug-likeness (QED) is 0.848. The van der Waals surface area contributed by atoms with Crippen LogP contribution in [0, 0.1) is 5.92 Å². The van der Waals surface area contributed by atoms with E-state index in [1.807, 2.05) is 11.3 Å². The van der Waals surface area contributed by atoms with Crippen molar-refractivity contribution in [2.75, 3.05) is 19.7 Å². The third-order valence-corrected chi connectivity index (χ3v) is 4.29. The van der Waals surface area contributed by atoms with Gasteiger partial charge in [0.15, 0.2) is 0 Å². The van der Waals surface area contributed by atoms with Gasteiger partial charge in [0, 0.05) is 29.5 Å². The van der Waals surface area contributed by atoms with Gasteiger partial charge >= 0.3 is 0 Å². The Labute approximate surface area is 95.5 Å². The molecule has 1 aliphatic heterocycles. The number of aryl methyl sites for hydroxylation is 1. The van der Waals surface area contributed by atoms with Crippen LogP contribution in [-0.2, 0) is 13.0 Å². The highest BCUT2D eigenvalue weighted by Crippen LogP contribution is 2.22. The van der Waals surface area contributed by atoms with Crippen molar-refractivity contribution < 1.29 is 5.11 Å². The fourth-order valence-electron chi connectivity index (χ4n) is 2.12. The van der Waals surface area contributed by atoms with Gasteiger partial charge in [0.1, 0.15) is 0 Å². The molecule has 2 nitrogen and oxygen atoms in total. The minimum absolute atomic E-state index is 0.348. The maximum atomic E-state index is 9.07. The van der Waals surface area contributed by atoms with Crippen LogP contribution in [-0.4, -0.2) is 29.7 Å². The van der Waals surface area contributed by atoms with Crippen LogP contribution in [0.25, 0.3) is 0 Å². The van der Waals surface area contributed by atoms with Gasteiger partial charge in [-0.05, 0) is 37.4 Å². The molecule has 2 heterocycles. The first kappa shape index (κ1) is 11.1. The average Bonchev–Trinajstić information content (AvgIpc) is 2.87. The smallest absolute Gasteiger partial charge is 0.0471 e. The number of rotatable bonds is 4. The molecule has 1 aliphatic rings. The molecule has 0 amide bonds. The Morgan fingerprint density at radius 3 is 2.87 bits per heavy atom. The number of thiophene rings is 1. The summed E-state index contributed by atoms with van der Waals surface area (Å²) in [4.78, 5) is 5.39. The van der Waals surface area contributed by atoms with Gasteiger partial charge < -0.3 is 5.11 Å². The molecule has 3 heteroatoms. The second kappa shape index (κ2) is 5.10. The van der Waals surface area contributed by atoms with Crippen LogP contribution in [0.4, 0.5) is 0 Å². The van der Waals surface area contributed by atoms with Gasteiger partial charge in [0.2, 0.25) is 0 Å². The predicted octanol–water partition coefficient (Wildman–Crippen LogP) is 2.12. The van der Waals surface area contributed by atoms with Crippen LogP contribution in [0.1, 0.15) is 23.1 Å². The highest BCUT2D eigenvalue weighted by molar-refractivity contribution is 7.11. The largest absolute Gasteiger partial charge is 0.396 e. The Bertz CT molecular complexity index is 310. The van der Waals surface area contributed by atoms with Crippen molar-refractivity contribution in [3.63, 3.8) is 0 Å². The average molecular weight is 225 g/mol. The number of aliphatic hydroxyl groups is 1. The topological polar surface area (TPSA) is 23.5 Å². The molecule has 84 valence electrons. The van der Waals surface area contributed by atoms with Crippen LogP contribution < -0.4 is 0 Å². The number of aliphatic hydroxyl groups excluding tert-OH is 1. The summed E-state index contributed by atoms with van der Waals surface area (Å²) < 4.78 is 0. The Morgan fingerprint density at radius 1 is 1.47 bits per heavy atom. The molecule has 0 bridgehead atoms. The van der Waals surface area contributed by atoms with E-state index >= 15 is 0 Å². The maximum Gasteiger partial charge on any atom is 0.0471 e. The van der Waals surface area contributed by atoms with Gasteiger partial charge in [-0.1, -0.05) is 6.92 Å². The highest BCUT2D eigenvalue weighted by Gasteiger charge is 2.21. The first-order valence-electron chi connectivity index (χ1n) is 5.72. The van der Waals surface area contributed by atoms with Gasteiger partial charge in [-0.25, -0.2) is 0 Å². The van der Waals surface area contributed by atoms with Crippen molar-refractivity contribution in [3.8, 4) is 0 Å². The summed E-state index contributed by atoms with van der Waals surface area (Å²) in [7, 11) is 0. The van der Waals surface area contributed by atoms with Crippen LogP contribution in [0.5, 0.6) is 0 Å². The molecule has 2 rings (SSSR count). The van der Waals surface area contributed by atoms with E-state index in [9.17, 15) is 0 Å². The fraction of sp³-hybridized carbons (Fsp3) is 0.667. The summed E-state index contributed by atoms with van der Waals surface area (Å²) >= 11 is 1.92. The van der Waals surface area contributed by atoms with E-state index < -0.39 is 0 Å². The summed E-state index contributed by atoms with van der Waals surface area (Å²) in [5.74, 6) is 0.510. The Hall–Kier alpha value is -0.380. The third kappa shape index (κ3) is 2.80. The molecule has 0 aliphatic carbocycles. The molecule has 0 saturated carbocycles. The van der Waals surface area contributed by atoms with Crippen molar-refractivity contribution in [1.82, 2.24) is 4.90 Å². The zero-order chi connectivity index (χ0) is 10.7. The molecule has 1 atom stereocenters. The maximum absolute atomic E-state index is 9.07. The van der Waals surface area contributed by atoms with Gasteiger partial charge in [-0.15, -0.1) is 11.3 Å². The van der Waals surface area contributed by atoms with E-state index in [0.29, 0.717) is 12.5 Å². The molecule has 1 N–H and O–H groups in total. The lowest BCUT2D eigenvalue weighted by Crippen LogP contribution is -2.20. The summed E-state index contributed by atoms with van der Waals surface area (Å²) in [6, 6.07) is 4.48. The van der Waals surface area contributed by atoms with Gasteiger partial charge in [0.05, 0.1) is 0 Å². The van der Waals surface area contributed by atoms with Crippen molar-refractivity contribution in [2.45, 2.75) is 26.3 Å². The van der Waals surface area contributed by atoms with E-state index in [2.05, 4.69) is 24.0 Å². The van der Waals surface area contributed by atoms with Crippen molar-refractivity contribution in [1.29, 1.82) is 0 Å². The number of nitrogens with zero attached hydrogens (tertiary/aromatic N) is 1. The normalized spacial score (nSPS) is 22.4. The van der Waals surface area contributed by atoms with Crippen molar-refractivity contribution in [2.24, 2.45) is 5.92 Å². The number of hydrogen-bond acceptors (Lipinski definition) is 3. The molecule has 1 aromatic heterocycles. The Morgan fingerprint density at radius 2 is 2.27 bits per heavy atom. The van der Waals surface area contributed by atoms with Crippen LogP contribution >= 0.6 is 11.3 Å². The first-order chi connectivity index (χ1) is 7.31.